The molecule has 0 fully saturated rings. The van der Waals surface area contributed by atoms with Crippen LogP contribution in [0.1, 0.15) is 23.6 Å². The van der Waals surface area contributed by atoms with E-state index in [1.165, 1.54) is 18.2 Å². The Morgan fingerprint density at radius 3 is 2.46 bits per heavy atom. The molecule has 2 aromatic rings. The predicted octanol–water partition coefficient (Wildman–Crippen LogP) is 2.85. The molecular weight excluding hydrogens is 339 g/mol. The third kappa shape index (κ3) is 3.61. The highest BCUT2D eigenvalue weighted by atomic mass is 19.1. The Bertz CT molecular complexity index is 906. The molecule has 1 atom stereocenters. The molecule has 1 amide bonds. The van der Waals surface area contributed by atoms with E-state index in [4.69, 9.17) is 5.11 Å². The number of benzene rings is 2. The smallest absolute Gasteiger partial charge is 0.328 e. The molecule has 2 aromatic carbocycles. The fraction of sp³-hybridized carbons (Fsp3) is 0.105. The fourth-order valence-corrected chi connectivity index (χ4v) is 2.76. The van der Waals surface area contributed by atoms with Crippen molar-refractivity contribution in [3.05, 3.63) is 77.6 Å². The van der Waals surface area contributed by atoms with Gasteiger partial charge in [-0.05, 0) is 23.8 Å². The number of hydrogen-bond donors (Lipinski definition) is 2. The van der Waals surface area contributed by atoms with Crippen molar-refractivity contribution >= 4 is 17.6 Å². The molecule has 0 spiro atoms. The van der Waals surface area contributed by atoms with Gasteiger partial charge in [-0.2, -0.15) is 5.10 Å². The van der Waals surface area contributed by atoms with Gasteiger partial charge in [-0.3, -0.25) is 4.79 Å². The summed E-state index contributed by atoms with van der Waals surface area (Å²) in [6.45, 7) is 0. The van der Waals surface area contributed by atoms with Crippen molar-refractivity contribution in [3.63, 3.8) is 0 Å². The van der Waals surface area contributed by atoms with Crippen LogP contribution in [0, 0.1) is 5.82 Å². The molecule has 1 aliphatic rings. The van der Waals surface area contributed by atoms with Crippen molar-refractivity contribution in [3.8, 4) is 5.75 Å². The molecule has 132 valence electrons. The van der Waals surface area contributed by atoms with E-state index in [1.807, 2.05) is 0 Å². The Labute approximate surface area is 148 Å². The number of para-hydroxylation sites is 1. The maximum absolute atomic E-state index is 13.1. The number of carbonyl (C=O) groups excluding carboxylic acids is 1. The van der Waals surface area contributed by atoms with Gasteiger partial charge in [0.1, 0.15) is 11.6 Å². The van der Waals surface area contributed by atoms with E-state index >= 15 is 0 Å². The summed E-state index contributed by atoms with van der Waals surface area (Å²) in [5, 5.41) is 24.3. The van der Waals surface area contributed by atoms with Crippen molar-refractivity contribution in [1.82, 2.24) is 5.01 Å². The Morgan fingerprint density at radius 2 is 1.81 bits per heavy atom. The minimum Gasteiger partial charge on any atom is -0.508 e. The summed E-state index contributed by atoms with van der Waals surface area (Å²) >= 11 is 0. The molecule has 0 unspecified atom stereocenters. The van der Waals surface area contributed by atoms with Crippen LogP contribution in [-0.2, 0) is 9.59 Å². The first-order chi connectivity index (χ1) is 12.5. The standard InChI is InChI=1S/C19H15FN2O4/c20-13-7-5-12(6-8-13)15-11-16(14-3-1-2-4-17(14)23)22(21-15)18(24)9-10-19(25)26/h1-10,16,23H,11H2,(H,25,26)/b10-9-/t16-/m0/s1. The number of carboxylic acids is 1. The number of amides is 1. The molecule has 26 heavy (non-hydrogen) atoms. The van der Waals surface area contributed by atoms with Gasteiger partial charge in [0.05, 0.1) is 11.8 Å². The maximum atomic E-state index is 13.1. The molecule has 3 rings (SSSR count). The average Bonchev–Trinajstić information content (AvgIpc) is 3.06. The Hall–Kier alpha value is -3.48. The van der Waals surface area contributed by atoms with Gasteiger partial charge >= 0.3 is 5.97 Å². The summed E-state index contributed by atoms with van der Waals surface area (Å²) in [7, 11) is 0. The summed E-state index contributed by atoms with van der Waals surface area (Å²) in [6.07, 6.45) is 1.94. The number of carbonyl (C=O) groups is 2. The van der Waals surface area contributed by atoms with Crippen LogP contribution >= 0.6 is 0 Å². The van der Waals surface area contributed by atoms with Gasteiger partial charge in [0, 0.05) is 24.1 Å². The van der Waals surface area contributed by atoms with E-state index in [-0.39, 0.29) is 11.6 Å². The number of aliphatic carboxylic acids is 1. The monoisotopic (exact) mass is 354 g/mol. The molecule has 7 heteroatoms. The second-order valence-corrected chi connectivity index (χ2v) is 5.69. The highest BCUT2D eigenvalue weighted by Gasteiger charge is 2.33. The average molecular weight is 354 g/mol. The highest BCUT2D eigenvalue weighted by Crippen LogP contribution is 2.37. The zero-order valence-electron chi connectivity index (χ0n) is 13.5. The molecule has 1 heterocycles. The van der Waals surface area contributed by atoms with Crippen molar-refractivity contribution < 1.29 is 24.2 Å². The van der Waals surface area contributed by atoms with Gasteiger partial charge in [0.15, 0.2) is 0 Å². The van der Waals surface area contributed by atoms with E-state index in [1.54, 1.807) is 30.3 Å². The largest absolute Gasteiger partial charge is 0.508 e. The lowest BCUT2D eigenvalue weighted by Crippen LogP contribution is -2.25. The third-order valence-electron chi connectivity index (χ3n) is 3.98. The number of rotatable bonds is 4. The van der Waals surface area contributed by atoms with Crippen LogP contribution < -0.4 is 0 Å². The molecule has 0 saturated heterocycles. The summed E-state index contributed by atoms with van der Waals surface area (Å²) in [4.78, 5) is 23.1. The molecule has 0 bridgehead atoms. The van der Waals surface area contributed by atoms with Gasteiger partial charge in [-0.15, -0.1) is 0 Å². The second kappa shape index (κ2) is 7.18. The molecular formula is C19H15FN2O4. The number of aromatic hydroxyl groups is 1. The molecule has 0 radical (unpaired) electrons. The minimum atomic E-state index is -1.25. The molecule has 2 N–H and O–H groups in total. The highest BCUT2D eigenvalue weighted by molar-refractivity contribution is 6.04. The number of phenols is 1. The summed E-state index contributed by atoms with van der Waals surface area (Å²) in [5.41, 5.74) is 1.67. The SMILES string of the molecule is O=C(O)/C=C\C(=O)N1N=C(c2ccc(F)cc2)C[C@H]1c1ccccc1O. The first kappa shape index (κ1) is 17.3. The predicted molar refractivity (Wildman–Crippen MR) is 92.0 cm³/mol. The number of carboxylic acid groups (broad SMARTS) is 1. The third-order valence-corrected chi connectivity index (χ3v) is 3.98. The van der Waals surface area contributed by atoms with Crippen LogP contribution in [0.25, 0.3) is 0 Å². The van der Waals surface area contributed by atoms with Gasteiger partial charge < -0.3 is 10.2 Å². The lowest BCUT2D eigenvalue weighted by molar-refractivity contribution is -0.132. The van der Waals surface area contributed by atoms with Crippen LogP contribution in [0.15, 0.2) is 65.8 Å². The summed E-state index contributed by atoms with van der Waals surface area (Å²) in [6, 6.07) is 11.7. The van der Waals surface area contributed by atoms with E-state index in [0.717, 1.165) is 17.2 Å². The van der Waals surface area contributed by atoms with Gasteiger partial charge in [0.25, 0.3) is 5.91 Å². The summed E-state index contributed by atoms with van der Waals surface area (Å²) < 4.78 is 13.1. The topological polar surface area (TPSA) is 90.2 Å². The van der Waals surface area contributed by atoms with E-state index in [0.29, 0.717) is 23.3 Å². The minimum absolute atomic E-state index is 0.00747. The number of phenolic OH excluding ortho intramolecular Hbond substituents is 1. The number of nitrogens with zero attached hydrogens (tertiary/aromatic N) is 2. The Kier molecular flexibility index (Phi) is 4.79. The van der Waals surface area contributed by atoms with Crippen LogP contribution in [0.2, 0.25) is 0 Å². The zero-order chi connectivity index (χ0) is 18.7. The van der Waals surface area contributed by atoms with E-state index in [9.17, 15) is 19.1 Å². The van der Waals surface area contributed by atoms with Crippen LogP contribution in [0.3, 0.4) is 0 Å². The lowest BCUT2D eigenvalue weighted by atomic mass is 9.97. The van der Waals surface area contributed by atoms with Gasteiger partial charge in [-0.25, -0.2) is 14.2 Å². The first-order valence-electron chi connectivity index (χ1n) is 7.81. The molecule has 0 saturated carbocycles. The molecule has 6 nitrogen and oxygen atoms in total. The summed E-state index contributed by atoms with van der Waals surface area (Å²) in [5.74, 6) is -2.26. The first-order valence-corrected chi connectivity index (χ1v) is 7.81. The van der Waals surface area contributed by atoms with Crippen LogP contribution in [0.5, 0.6) is 5.75 Å². The van der Waals surface area contributed by atoms with Gasteiger partial charge in [0.2, 0.25) is 0 Å². The van der Waals surface area contributed by atoms with Gasteiger partial charge in [-0.1, -0.05) is 30.3 Å². The number of hydrazone groups is 1. The van der Waals surface area contributed by atoms with E-state index < -0.39 is 17.9 Å². The fourth-order valence-electron chi connectivity index (χ4n) is 2.76. The van der Waals surface area contributed by atoms with Crippen molar-refractivity contribution in [2.45, 2.75) is 12.5 Å². The number of hydrogen-bond acceptors (Lipinski definition) is 4. The van der Waals surface area contributed by atoms with Crippen molar-refractivity contribution in [2.24, 2.45) is 5.10 Å². The van der Waals surface area contributed by atoms with Crippen molar-refractivity contribution in [2.75, 3.05) is 0 Å². The van der Waals surface area contributed by atoms with E-state index in [2.05, 4.69) is 5.10 Å². The molecule has 0 aromatic heterocycles. The molecule has 0 aliphatic carbocycles. The Morgan fingerprint density at radius 1 is 1.12 bits per heavy atom. The van der Waals surface area contributed by atoms with Crippen LogP contribution in [0.4, 0.5) is 4.39 Å². The van der Waals surface area contributed by atoms with Crippen molar-refractivity contribution in [1.29, 1.82) is 0 Å². The molecule has 1 aliphatic heterocycles. The lowest BCUT2D eigenvalue weighted by Gasteiger charge is -2.21. The quantitative estimate of drug-likeness (QED) is 0.826. The second-order valence-electron chi connectivity index (χ2n) is 5.69. The zero-order valence-corrected chi connectivity index (χ0v) is 13.5. The van der Waals surface area contributed by atoms with Crippen LogP contribution in [-0.4, -0.2) is 32.8 Å². The number of halogens is 1. The normalized spacial score (nSPS) is 16.7. The maximum Gasteiger partial charge on any atom is 0.328 e. The Balaban J connectivity index is 1.98.